The van der Waals surface area contributed by atoms with E-state index in [-0.39, 0.29) is 75.9 Å². The molecular formula is C39H45ClF2N8O6. The first-order valence-electron chi connectivity index (χ1n) is 18.4. The summed E-state index contributed by atoms with van der Waals surface area (Å²) in [6, 6.07) is 7.32. The minimum atomic E-state index is -1.12. The van der Waals surface area contributed by atoms with Crippen LogP contribution in [0.5, 0.6) is 0 Å². The van der Waals surface area contributed by atoms with Crippen LogP contribution < -0.4 is 5.32 Å². The van der Waals surface area contributed by atoms with Gasteiger partial charge in [-0.05, 0) is 64.8 Å². The first-order valence-corrected chi connectivity index (χ1v) is 18.8. The number of ether oxygens (including phenoxy) is 1. The van der Waals surface area contributed by atoms with Crippen molar-refractivity contribution in [3.8, 4) is 22.4 Å². The van der Waals surface area contributed by atoms with Crippen molar-refractivity contribution in [1.29, 1.82) is 0 Å². The molecule has 6 rings (SSSR count). The number of aliphatic hydroxyl groups is 1. The second-order valence-electron chi connectivity index (χ2n) is 14.9. The van der Waals surface area contributed by atoms with Gasteiger partial charge in [0.25, 0.3) is 11.8 Å². The predicted molar refractivity (Wildman–Crippen MR) is 204 cm³/mol. The molecular weight excluding hydrogens is 750 g/mol. The van der Waals surface area contributed by atoms with Crippen LogP contribution in [-0.2, 0) is 23.1 Å². The van der Waals surface area contributed by atoms with Crippen LogP contribution in [0.1, 0.15) is 60.3 Å². The van der Waals surface area contributed by atoms with Crippen LogP contribution in [0, 0.1) is 24.5 Å². The summed E-state index contributed by atoms with van der Waals surface area (Å²) >= 11 is 6.54. The van der Waals surface area contributed by atoms with Crippen LogP contribution in [-0.4, -0.2) is 114 Å². The molecule has 0 atom stereocenters. The summed E-state index contributed by atoms with van der Waals surface area (Å²) in [6.45, 7) is 9.47. The highest BCUT2D eigenvalue weighted by molar-refractivity contribution is 6.34. The Bertz CT molecular complexity index is 2150. The first-order chi connectivity index (χ1) is 26.6. The molecule has 2 N–H and O–H groups in total. The average molecular weight is 795 g/mol. The summed E-state index contributed by atoms with van der Waals surface area (Å²) < 4.78 is 39.2. The SMILES string of the molecule is Cc1c(-c2ccc(-c3cnc(C(=O)Nc4ccc(C(=O)N5CCN(C(=O)C6CCN(C(=O)OC(C)(C)C)CC6)CC5)c(Cl)c4)n3C)c(F)c2F)cnn1CCO. The lowest BCUT2D eigenvalue weighted by atomic mass is 9.95. The van der Waals surface area contributed by atoms with E-state index < -0.39 is 23.1 Å². The van der Waals surface area contributed by atoms with E-state index in [4.69, 9.17) is 16.3 Å². The highest BCUT2D eigenvalue weighted by Gasteiger charge is 2.34. The molecule has 2 aromatic heterocycles. The molecule has 2 aliphatic heterocycles. The molecule has 0 aliphatic carbocycles. The van der Waals surface area contributed by atoms with Crippen molar-refractivity contribution >= 4 is 41.1 Å². The van der Waals surface area contributed by atoms with Crippen molar-refractivity contribution < 1.29 is 37.8 Å². The number of anilines is 1. The molecule has 0 saturated carbocycles. The van der Waals surface area contributed by atoms with Crippen LogP contribution in [0.25, 0.3) is 22.4 Å². The number of hydrogen-bond donors (Lipinski definition) is 2. The third-order valence-corrected chi connectivity index (χ3v) is 10.4. The Morgan fingerprint density at radius 2 is 1.55 bits per heavy atom. The van der Waals surface area contributed by atoms with E-state index in [1.165, 1.54) is 59.0 Å². The normalized spacial score (nSPS) is 15.3. The summed E-state index contributed by atoms with van der Waals surface area (Å²) in [5, 5.41) is 16.2. The molecule has 2 saturated heterocycles. The lowest BCUT2D eigenvalue weighted by Gasteiger charge is -2.38. The van der Waals surface area contributed by atoms with Gasteiger partial charge in [0.15, 0.2) is 17.5 Å². The Hall–Kier alpha value is -5.35. The Morgan fingerprint density at radius 3 is 2.20 bits per heavy atom. The van der Waals surface area contributed by atoms with Crippen molar-refractivity contribution in [3.05, 3.63) is 76.5 Å². The minimum absolute atomic E-state index is 0.00896. The number of carbonyl (C=O) groups is 4. The number of likely N-dealkylation sites (tertiary alicyclic amines) is 1. The van der Waals surface area contributed by atoms with Crippen molar-refractivity contribution in [2.75, 3.05) is 51.2 Å². The lowest BCUT2D eigenvalue weighted by molar-refractivity contribution is -0.138. The number of rotatable bonds is 8. The molecule has 0 unspecified atom stereocenters. The largest absolute Gasteiger partial charge is 0.444 e. The summed E-state index contributed by atoms with van der Waals surface area (Å²) in [5.41, 5.74) is 0.957. The molecule has 4 heterocycles. The number of piperazine rings is 1. The van der Waals surface area contributed by atoms with Gasteiger partial charge < -0.3 is 34.4 Å². The maximum atomic E-state index is 15.5. The summed E-state index contributed by atoms with van der Waals surface area (Å²) in [6.07, 6.45) is 3.40. The number of carbonyl (C=O) groups excluding carboxylic acids is 4. The van der Waals surface area contributed by atoms with E-state index >= 15 is 8.78 Å². The van der Waals surface area contributed by atoms with E-state index in [1.54, 1.807) is 21.6 Å². The van der Waals surface area contributed by atoms with E-state index in [2.05, 4.69) is 15.4 Å². The minimum Gasteiger partial charge on any atom is -0.444 e. The van der Waals surface area contributed by atoms with Gasteiger partial charge >= 0.3 is 6.09 Å². The van der Waals surface area contributed by atoms with E-state index in [0.717, 1.165) is 0 Å². The Balaban J connectivity index is 1.04. The van der Waals surface area contributed by atoms with Gasteiger partial charge in [-0.15, -0.1) is 0 Å². The quantitative estimate of drug-likeness (QED) is 0.242. The Labute approximate surface area is 328 Å². The fourth-order valence-corrected chi connectivity index (χ4v) is 7.27. The molecule has 4 amide bonds. The van der Waals surface area contributed by atoms with Gasteiger partial charge in [-0.25, -0.2) is 18.6 Å². The van der Waals surface area contributed by atoms with Crippen LogP contribution >= 0.6 is 11.6 Å². The van der Waals surface area contributed by atoms with E-state index in [9.17, 15) is 24.3 Å². The van der Waals surface area contributed by atoms with Gasteiger partial charge in [0.2, 0.25) is 5.91 Å². The number of hydrogen-bond acceptors (Lipinski definition) is 8. The van der Waals surface area contributed by atoms with Gasteiger partial charge in [-0.2, -0.15) is 5.10 Å². The molecule has 0 radical (unpaired) electrons. The second kappa shape index (κ2) is 16.4. The smallest absolute Gasteiger partial charge is 0.410 e. The van der Waals surface area contributed by atoms with Crippen LogP contribution in [0.15, 0.2) is 42.7 Å². The van der Waals surface area contributed by atoms with Gasteiger partial charge in [0.05, 0.1) is 41.8 Å². The lowest BCUT2D eigenvalue weighted by Crippen LogP contribution is -2.53. The first kappa shape index (κ1) is 40.3. The maximum Gasteiger partial charge on any atom is 0.410 e. The van der Waals surface area contributed by atoms with Gasteiger partial charge in [-0.3, -0.25) is 19.1 Å². The number of nitrogens with one attached hydrogen (secondary N) is 1. The molecule has 56 heavy (non-hydrogen) atoms. The number of nitrogens with zero attached hydrogens (tertiary/aromatic N) is 7. The highest BCUT2D eigenvalue weighted by Crippen LogP contribution is 2.33. The number of aliphatic hydroxyl groups excluding tert-OH is 1. The highest BCUT2D eigenvalue weighted by atomic mass is 35.5. The van der Waals surface area contributed by atoms with Crippen LogP contribution in [0.3, 0.4) is 0 Å². The van der Waals surface area contributed by atoms with Gasteiger partial charge in [-0.1, -0.05) is 17.7 Å². The summed E-state index contributed by atoms with van der Waals surface area (Å²) in [4.78, 5) is 61.6. The van der Waals surface area contributed by atoms with Crippen molar-refractivity contribution in [1.82, 2.24) is 34.0 Å². The molecule has 2 aromatic carbocycles. The van der Waals surface area contributed by atoms with Crippen molar-refractivity contribution in [3.63, 3.8) is 0 Å². The molecule has 14 nitrogen and oxygen atoms in total. The number of imidazole rings is 1. The topological polar surface area (TPSA) is 155 Å². The van der Waals surface area contributed by atoms with Crippen molar-refractivity contribution in [2.24, 2.45) is 13.0 Å². The zero-order valence-corrected chi connectivity index (χ0v) is 32.7. The molecule has 17 heteroatoms. The van der Waals surface area contributed by atoms with Gasteiger partial charge in [0, 0.05) is 80.3 Å². The second-order valence-corrected chi connectivity index (χ2v) is 15.3. The third-order valence-electron chi connectivity index (χ3n) is 10.1. The zero-order valence-electron chi connectivity index (χ0n) is 31.9. The van der Waals surface area contributed by atoms with E-state index in [0.29, 0.717) is 63.4 Å². The number of piperidine rings is 1. The average Bonchev–Trinajstić information content (AvgIpc) is 3.73. The Kier molecular flexibility index (Phi) is 11.8. The predicted octanol–water partition coefficient (Wildman–Crippen LogP) is 5.37. The fraction of sp³-hybridized carbons (Fsp3) is 0.436. The number of aromatic nitrogens is 4. The zero-order chi connectivity index (χ0) is 40.5. The Morgan fingerprint density at radius 1 is 0.911 bits per heavy atom. The number of benzene rings is 2. The van der Waals surface area contributed by atoms with E-state index in [1.807, 2.05) is 20.8 Å². The molecule has 2 fully saturated rings. The summed E-state index contributed by atoms with van der Waals surface area (Å²) in [7, 11) is 1.50. The number of amides is 4. The van der Waals surface area contributed by atoms with Crippen molar-refractivity contribution in [2.45, 2.75) is 52.7 Å². The van der Waals surface area contributed by atoms with Gasteiger partial charge in [0.1, 0.15) is 5.60 Å². The monoisotopic (exact) mass is 794 g/mol. The number of halogens is 3. The molecule has 2 aliphatic rings. The maximum absolute atomic E-state index is 15.5. The summed E-state index contributed by atoms with van der Waals surface area (Å²) in [5.74, 6) is -3.43. The molecule has 4 aromatic rings. The molecule has 0 bridgehead atoms. The standard InChI is InChI=1S/C39H45ClF2N8O6/c1-23-29(21-44-50(23)18-19-51)26-8-9-28(33(42)32(26)41)31-22-43-34(46(31)5)35(52)45-25-6-7-27(30(40)20-25)37(54)48-16-14-47(15-17-48)36(53)24-10-12-49(13-11-24)38(55)56-39(2,3)4/h6-9,20-22,24,51H,10-19H2,1-5H3,(H,45,52). The van der Waals surface area contributed by atoms with Crippen LogP contribution in [0.4, 0.5) is 19.3 Å². The molecule has 0 spiro atoms. The fourth-order valence-electron chi connectivity index (χ4n) is 7.00. The molecule has 298 valence electrons. The third kappa shape index (κ3) is 8.40. The van der Waals surface area contributed by atoms with Crippen LogP contribution in [0.2, 0.25) is 5.02 Å².